The van der Waals surface area contributed by atoms with Gasteiger partial charge in [-0.2, -0.15) is 0 Å². The summed E-state index contributed by atoms with van der Waals surface area (Å²) in [5, 5.41) is 4.80. The van der Waals surface area contributed by atoms with Crippen molar-refractivity contribution in [2.75, 3.05) is 5.32 Å². The maximum atomic E-state index is 10.8. The molecule has 1 aromatic carbocycles. The third-order valence-electron chi connectivity index (χ3n) is 3.28. The van der Waals surface area contributed by atoms with Crippen LogP contribution < -0.4 is 5.32 Å². The highest BCUT2D eigenvalue weighted by Gasteiger charge is 2.08. The summed E-state index contributed by atoms with van der Waals surface area (Å²) in [5.74, 6) is 0.635. The Hall–Kier alpha value is -2.46. The minimum atomic E-state index is 0.540. The number of fused-ring (bicyclic) bond motifs is 1. The first-order valence-electron chi connectivity index (χ1n) is 6.41. The van der Waals surface area contributed by atoms with Crippen molar-refractivity contribution in [3.05, 3.63) is 58.9 Å². The van der Waals surface area contributed by atoms with Gasteiger partial charge >= 0.3 is 0 Å². The number of hydrogen-bond acceptors (Lipinski definition) is 4. The molecule has 104 valence electrons. The number of rotatable bonds is 3. The maximum Gasteiger partial charge on any atom is 0.156 e. The number of carbonyl (C=O) groups is 1. The molecule has 0 atom stereocenters. The lowest BCUT2D eigenvalue weighted by Gasteiger charge is -2.11. The zero-order valence-electron chi connectivity index (χ0n) is 11.3. The summed E-state index contributed by atoms with van der Waals surface area (Å²) in [6.07, 6.45) is 3.99. The van der Waals surface area contributed by atoms with Crippen molar-refractivity contribution in [2.45, 2.75) is 6.92 Å². The molecule has 5 heteroatoms. The molecule has 0 radical (unpaired) electrons. The Morgan fingerprint density at radius 3 is 2.90 bits per heavy atom. The quantitative estimate of drug-likeness (QED) is 0.738. The molecule has 0 aliphatic rings. The summed E-state index contributed by atoms with van der Waals surface area (Å²) in [5.41, 5.74) is 3.08. The Balaban J connectivity index is 2.08. The van der Waals surface area contributed by atoms with Gasteiger partial charge in [-0.15, -0.1) is 0 Å². The predicted octanol–water partition coefficient (Wildman–Crippen LogP) is 4.15. The van der Waals surface area contributed by atoms with Gasteiger partial charge in [-0.3, -0.25) is 9.78 Å². The number of nitrogens with zero attached hydrogens (tertiary/aromatic N) is 2. The lowest BCUT2D eigenvalue weighted by atomic mass is 10.2. The Bertz CT molecular complexity index is 833. The summed E-state index contributed by atoms with van der Waals surface area (Å²) in [6.45, 7) is 1.94. The van der Waals surface area contributed by atoms with Gasteiger partial charge in [0, 0.05) is 34.1 Å². The fourth-order valence-corrected chi connectivity index (χ4v) is 2.28. The van der Waals surface area contributed by atoms with Crippen LogP contribution >= 0.6 is 11.6 Å². The smallest absolute Gasteiger partial charge is 0.156 e. The van der Waals surface area contributed by atoms with Crippen molar-refractivity contribution >= 4 is 40.3 Å². The average Bonchev–Trinajstić information content (AvgIpc) is 2.51. The topological polar surface area (TPSA) is 54.9 Å². The van der Waals surface area contributed by atoms with Gasteiger partial charge in [0.2, 0.25) is 0 Å². The van der Waals surface area contributed by atoms with Gasteiger partial charge in [0.1, 0.15) is 5.52 Å². The van der Waals surface area contributed by atoms with Crippen LogP contribution in [0, 0.1) is 6.92 Å². The minimum Gasteiger partial charge on any atom is -0.338 e. The number of nitrogens with one attached hydrogen (secondary N) is 1. The van der Waals surface area contributed by atoms with Gasteiger partial charge in [-0.05, 0) is 36.8 Å². The number of carbonyl (C=O) groups excluding carboxylic acids is 1. The molecule has 3 rings (SSSR count). The van der Waals surface area contributed by atoms with E-state index in [0.29, 0.717) is 21.9 Å². The first kappa shape index (κ1) is 13.5. The van der Waals surface area contributed by atoms with Gasteiger partial charge < -0.3 is 5.32 Å². The molecule has 0 fully saturated rings. The van der Waals surface area contributed by atoms with Crippen LogP contribution in [0.1, 0.15) is 15.9 Å². The summed E-state index contributed by atoms with van der Waals surface area (Å²) in [7, 11) is 0. The fourth-order valence-electron chi connectivity index (χ4n) is 2.10. The van der Waals surface area contributed by atoms with Crippen LogP contribution in [0.4, 0.5) is 11.5 Å². The van der Waals surface area contributed by atoms with E-state index < -0.39 is 0 Å². The van der Waals surface area contributed by atoms with E-state index >= 15 is 0 Å². The fraction of sp³-hybridized carbons (Fsp3) is 0.0625. The normalized spacial score (nSPS) is 10.6. The van der Waals surface area contributed by atoms with Crippen molar-refractivity contribution in [3.63, 3.8) is 0 Å². The molecular weight excluding hydrogens is 286 g/mol. The van der Waals surface area contributed by atoms with Crippen molar-refractivity contribution < 1.29 is 4.79 Å². The number of hydrogen-bond donors (Lipinski definition) is 1. The van der Waals surface area contributed by atoms with Crippen LogP contribution in [0.5, 0.6) is 0 Å². The zero-order chi connectivity index (χ0) is 14.8. The molecule has 0 bridgehead atoms. The number of benzene rings is 1. The molecule has 2 aromatic heterocycles. The second-order valence-corrected chi connectivity index (χ2v) is 5.06. The van der Waals surface area contributed by atoms with Crippen LogP contribution in [0.15, 0.2) is 42.7 Å². The molecule has 0 spiro atoms. The SMILES string of the molecule is Cc1c(Cl)cccc1Nc1nccc2cc(C=O)cnc12. The van der Waals surface area contributed by atoms with Gasteiger partial charge in [0.15, 0.2) is 12.1 Å². The molecule has 4 nitrogen and oxygen atoms in total. The molecule has 0 unspecified atom stereocenters. The molecule has 21 heavy (non-hydrogen) atoms. The second kappa shape index (κ2) is 5.50. The van der Waals surface area contributed by atoms with Gasteiger partial charge in [-0.25, -0.2) is 4.98 Å². The van der Waals surface area contributed by atoms with Crippen molar-refractivity contribution in [2.24, 2.45) is 0 Å². The monoisotopic (exact) mass is 297 g/mol. The van der Waals surface area contributed by atoms with Gasteiger partial charge in [0.05, 0.1) is 0 Å². The summed E-state index contributed by atoms with van der Waals surface area (Å²) >= 11 is 6.12. The highest BCUT2D eigenvalue weighted by atomic mass is 35.5. The van der Waals surface area contributed by atoms with Crippen LogP contribution in [0.2, 0.25) is 5.02 Å². The Morgan fingerprint density at radius 1 is 1.24 bits per heavy atom. The molecular formula is C16H12ClN3O. The Kier molecular flexibility index (Phi) is 3.54. The van der Waals surface area contributed by atoms with Gasteiger partial charge in [-0.1, -0.05) is 17.7 Å². The van der Waals surface area contributed by atoms with Crippen LogP contribution in [-0.2, 0) is 0 Å². The summed E-state index contributed by atoms with van der Waals surface area (Å²) < 4.78 is 0. The molecule has 2 heterocycles. The van der Waals surface area contributed by atoms with E-state index in [-0.39, 0.29) is 0 Å². The highest BCUT2D eigenvalue weighted by molar-refractivity contribution is 6.31. The summed E-state index contributed by atoms with van der Waals surface area (Å²) in [6, 6.07) is 9.26. The third kappa shape index (κ3) is 2.58. The van der Waals surface area contributed by atoms with E-state index in [4.69, 9.17) is 11.6 Å². The van der Waals surface area contributed by atoms with E-state index in [9.17, 15) is 4.79 Å². The Labute approximate surface area is 126 Å². The number of aldehydes is 1. The van der Waals surface area contributed by atoms with E-state index in [0.717, 1.165) is 22.9 Å². The van der Waals surface area contributed by atoms with Crippen molar-refractivity contribution in [3.8, 4) is 0 Å². The van der Waals surface area contributed by atoms with Crippen LogP contribution in [-0.4, -0.2) is 16.3 Å². The molecule has 1 N–H and O–H groups in total. The first-order valence-corrected chi connectivity index (χ1v) is 6.79. The standard InChI is InChI=1S/C16H12ClN3O/c1-10-13(17)3-2-4-14(10)20-16-15-12(5-6-18-16)7-11(9-21)8-19-15/h2-9H,1H3,(H,18,20). The molecule has 0 saturated carbocycles. The molecule has 0 amide bonds. The largest absolute Gasteiger partial charge is 0.338 e. The number of pyridine rings is 2. The number of anilines is 2. The predicted molar refractivity (Wildman–Crippen MR) is 84.4 cm³/mol. The Morgan fingerprint density at radius 2 is 2.10 bits per heavy atom. The van der Waals surface area contributed by atoms with E-state index in [1.807, 2.05) is 31.2 Å². The van der Waals surface area contributed by atoms with E-state index in [2.05, 4.69) is 15.3 Å². The molecule has 0 aliphatic carbocycles. The van der Waals surface area contributed by atoms with Crippen molar-refractivity contribution in [1.82, 2.24) is 9.97 Å². The lowest BCUT2D eigenvalue weighted by Crippen LogP contribution is -1.98. The van der Waals surface area contributed by atoms with Gasteiger partial charge in [0.25, 0.3) is 0 Å². The van der Waals surface area contributed by atoms with Crippen LogP contribution in [0.3, 0.4) is 0 Å². The maximum absolute atomic E-state index is 10.8. The van der Waals surface area contributed by atoms with Crippen LogP contribution in [0.25, 0.3) is 10.9 Å². The first-order chi connectivity index (χ1) is 10.2. The van der Waals surface area contributed by atoms with E-state index in [1.165, 1.54) is 6.20 Å². The summed E-state index contributed by atoms with van der Waals surface area (Å²) in [4.78, 5) is 19.5. The number of aromatic nitrogens is 2. The zero-order valence-corrected chi connectivity index (χ0v) is 12.1. The highest BCUT2D eigenvalue weighted by Crippen LogP contribution is 2.28. The number of halogens is 1. The third-order valence-corrected chi connectivity index (χ3v) is 3.69. The second-order valence-electron chi connectivity index (χ2n) is 4.66. The average molecular weight is 298 g/mol. The molecule has 3 aromatic rings. The van der Waals surface area contributed by atoms with Crippen molar-refractivity contribution in [1.29, 1.82) is 0 Å². The minimum absolute atomic E-state index is 0.540. The van der Waals surface area contributed by atoms with E-state index in [1.54, 1.807) is 12.3 Å². The molecule has 0 saturated heterocycles. The molecule has 0 aliphatic heterocycles. The lowest BCUT2D eigenvalue weighted by molar-refractivity contribution is 0.112.